The molecule has 11 nitrogen and oxygen atoms in total. The molecule has 3 aromatic rings. The number of anilines is 3. The number of rotatable bonds is 8. The van der Waals surface area contributed by atoms with Gasteiger partial charge in [0.1, 0.15) is 6.29 Å². The molecule has 2 heterocycles. The minimum Gasteiger partial charge on any atom is -0.400 e. The lowest BCUT2D eigenvalue weighted by Gasteiger charge is -2.12. The first-order valence-corrected chi connectivity index (χ1v) is 11.6. The Labute approximate surface area is 206 Å². The second-order valence-corrected chi connectivity index (χ2v) is 6.44. The average Bonchev–Trinajstić information content (AvgIpc) is 2.91. The van der Waals surface area contributed by atoms with Crippen LogP contribution in [0.15, 0.2) is 30.5 Å². The molecule has 0 radical (unpaired) electrons. The number of hydrogen-bond donors (Lipinski definition) is 5. The molecule has 1 aromatic carbocycles. The van der Waals surface area contributed by atoms with E-state index in [4.69, 9.17) is 16.6 Å². The van der Waals surface area contributed by atoms with E-state index in [0.717, 1.165) is 25.5 Å². The van der Waals surface area contributed by atoms with Gasteiger partial charge in [0.15, 0.2) is 17.0 Å². The molecule has 2 aromatic heterocycles. The summed E-state index contributed by atoms with van der Waals surface area (Å²) in [5.74, 6) is -0.0559. The number of aliphatic hydroxyl groups is 1. The topological polar surface area (TPSA) is 182 Å². The maximum Gasteiger partial charge on any atom is 0.251 e. The highest BCUT2D eigenvalue weighted by Gasteiger charge is 2.12. The fraction of sp³-hybridized carbons (Fsp3) is 0.417. The number of fused-ring (bicyclic) bond motifs is 1. The van der Waals surface area contributed by atoms with Crippen LogP contribution in [0, 0.1) is 0 Å². The van der Waals surface area contributed by atoms with Crippen LogP contribution in [0.4, 0.5) is 17.5 Å². The second-order valence-electron chi connectivity index (χ2n) is 6.44. The molecule has 1 amide bonds. The molecule has 3 rings (SSSR count). The molecule has 1 atom stereocenters. The van der Waals surface area contributed by atoms with E-state index < -0.39 is 6.04 Å². The summed E-state index contributed by atoms with van der Waals surface area (Å²) in [6.07, 6.45) is 3.77. The summed E-state index contributed by atoms with van der Waals surface area (Å²) >= 11 is 0. The van der Waals surface area contributed by atoms with Gasteiger partial charge in [-0.25, -0.2) is 9.97 Å². The Bertz CT molecular complexity index is 1030. The molecule has 7 N–H and O–H groups in total. The number of nitrogens with zero attached hydrogens (tertiary/aromatic N) is 4. The zero-order chi connectivity index (χ0) is 26.8. The number of aromatic nitrogens is 4. The van der Waals surface area contributed by atoms with Crippen molar-refractivity contribution >= 4 is 40.8 Å². The summed E-state index contributed by atoms with van der Waals surface area (Å²) in [6, 6.07) is 6.45. The molecule has 0 aliphatic rings. The third-order valence-corrected chi connectivity index (χ3v) is 4.20. The highest BCUT2D eigenvalue weighted by atomic mass is 16.2. The Hall–Kier alpha value is -3.86. The lowest BCUT2D eigenvalue weighted by atomic mass is 10.1. The van der Waals surface area contributed by atoms with Crippen molar-refractivity contribution in [1.29, 1.82) is 0 Å². The predicted octanol–water partition coefficient (Wildman–Crippen LogP) is 2.95. The Kier molecular flexibility index (Phi) is 15.7. The van der Waals surface area contributed by atoms with Gasteiger partial charge in [-0.05, 0) is 30.7 Å². The zero-order valence-corrected chi connectivity index (χ0v) is 21.4. The van der Waals surface area contributed by atoms with Crippen LogP contribution in [0.2, 0.25) is 0 Å². The van der Waals surface area contributed by atoms with Gasteiger partial charge in [0.05, 0.1) is 24.5 Å². The number of nitrogen functional groups attached to an aromatic ring is 2. The first kappa shape index (κ1) is 31.1. The molecule has 0 spiro atoms. The van der Waals surface area contributed by atoms with Gasteiger partial charge in [-0.1, -0.05) is 41.0 Å². The number of carbonyl (C=O) groups excluding carboxylic acids is 2. The number of hydrogen-bond acceptors (Lipinski definition) is 10. The van der Waals surface area contributed by atoms with E-state index in [0.29, 0.717) is 35.4 Å². The molecule has 0 fully saturated rings. The largest absolute Gasteiger partial charge is 0.400 e. The summed E-state index contributed by atoms with van der Waals surface area (Å²) in [6.45, 7) is 10.3. The maximum atomic E-state index is 12.2. The standard InChI is InChI=1S/C19H22N8O2.2C2H6.CH4O/c1-2-3-13(10-28)25-18(29)11-4-6-12(7-5-11)22-8-14-9-23-17-15(24-14)16(20)26-19(21)27-17;3*1-2/h4-7,9-10,13,22H,2-3,8H2,1H3,(H,25,29)(H4,20,21,23,26,27);2*1-2H3;2H,1H3. The van der Waals surface area contributed by atoms with Crippen molar-refractivity contribution in [2.45, 2.75) is 60.0 Å². The first-order chi connectivity index (χ1) is 17.0. The van der Waals surface area contributed by atoms with Crippen LogP contribution in [0.1, 0.15) is 63.5 Å². The molecule has 1 unspecified atom stereocenters. The molecule has 11 heteroatoms. The van der Waals surface area contributed by atoms with Crippen LogP contribution in [0.5, 0.6) is 0 Å². The summed E-state index contributed by atoms with van der Waals surface area (Å²) in [5, 5.41) is 12.9. The third kappa shape index (κ3) is 9.88. The number of nitrogens with one attached hydrogen (secondary N) is 2. The molecule has 0 bridgehead atoms. The Morgan fingerprint density at radius 2 is 1.69 bits per heavy atom. The van der Waals surface area contributed by atoms with Crippen molar-refractivity contribution < 1.29 is 14.7 Å². The third-order valence-electron chi connectivity index (χ3n) is 4.20. The van der Waals surface area contributed by atoms with Crippen molar-refractivity contribution in [3.05, 3.63) is 41.7 Å². The van der Waals surface area contributed by atoms with Crippen molar-refractivity contribution in [2.24, 2.45) is 0 Å². The monoisotopic (exact) mass is 486 g/mol. The van der Waals surface area contributed by atoms with Gasteiger partial charge in [-0.15, -0.1) is 0 Å². The van der Waals surface area contributed by atoms with Gasteiger partial charge in [0.2, 0.25) is 5.95 Å². The van der Waals surface area contributed by atoms with Gasteiger partial charge < -0.3 is 32.0 Å². The minimum atomic E-state index is -0.469. The number of amides is 1. The van der Waals surface area contributed by atoms with Crippen molar-refractivity contribution in [3.8, 4) is 0 Å². The quantitative estimate of drug-likeness (QED) is 0.297. The Morgan fingerprint density at radius 3 is 2.26 bits per heavy atom. The predicted molar refractivity (Wildman–Crippen MR) is 141 cm³/mol. The lowest BCUT2D eigenvalue weighted by molar-refractivity contribution is -0.109. The van der Waals surface area contributed by atoms with Gasteiger partial charge in [0, 0.05) is 18.4 Å². The van der Waals surface area contributed by atoms with E-state index in [9.17, 15) is 9.59 Å². The van der Waals surface area contributed by atoms with Gasteiger partial charge in [-0.2, -0.15) is 9.97 Å². The summed E-state index contributed by atoms with van der Waals surface area (Å²) < 4.78 is 0. The molecule has 35 heavy (non-hydrogen) atoms. The number of nitrogens with two attached hydrogens (primary N) is 2. The van der Waals surface area contributed by atoms with Gasteiger partial charge in [0.25, 0.3) is 5.91 Å². The Morgan fingerprint density at radius 1 is 1.06 bits per heavy atom. The smallest absolute Gasteiger partial charge is 0.251 e. The van der Waals surface area contributed by atoms with Crippen molar-refractivity contribution in [1.82, 2.24) is 25.3 Å². The summed E-state index contributed by atoms with van der Waals surface area (Å²) in [5.41, 5.74) is 14.0. The maximum absolute atomic E-state index is 12.2. The van der Waals surface area contributed by atoms with Gasteiger partial charge in [-0.3, -0.25) is 4.79 Å². The fourth-order valence-corrected chi connectivity index (χ4v) is 2.74. The SMILES string of the molecule is CC.CC.CCCC(C=O)NC(=O)c1ccc(NCc2cnc3nc(N)nc(N)c3n2)cc1.CO. The number of aldehydes is 1. The molecule has 192 valence electrons. The number of carbonyl (C=O) groups is 2. The molecule has 0 saturated heterocycles. The normalized spacial score (nSPS) is 10.3. The van der Waals surface area contributed by atoms with Crippen LogP contribution >= 0.6 is 0 Å². The van der Waals surface area contributed by atoms with Crippen LogP contribution in [0.3, 0.4) is 0 Å². The van der Waals surface area contributed by atoms with Crippen LogP contribution in [0.25, 0.3) is 11.2 Å². The average molecular weight is 487 g/mol. The minimum absolute atomic E-state index is 0.0495. The molecule has 0 aliphatic heterocycles. The van der Waals surface area contributed by atoms with Crippen LogP contribution in [-0.2, 0) is 11.3 Å². The second kappa shape index (κ2) is 17.6. The molecule has 0 aliphatic carbocycles. The van der Waals surface area contributed by atoms with Crippen molar-refractivity contribution in [2.75, 3.05) is 23.9 Å². The van der Waals surface area contributed by atoms with E-state index in [1.54, 1.807) is 30.5 Å². The molecule has 0 saturated carbocycles. The van der Waals surface area contributed by atoms with E-state index in [2.05, 4.69) is 30.6 Å². The zero-order valence-electron chi connectivity index (χ0n) is 21.4. The van der Waals surface area contributed by atoms with Crippen LogP contribution in [-0.4, -0.2) is 50.4 Å². The lowest BCUT2D eigenvalue weighted by Crippen LogP contribution is -2.35. The van der Waals surface area contributed by atoms with E-state index in [1.165, 1.54) is 0 Å². The van der Waals surface area contributed by atoms with Crippen LogP contribution < -0.4 is 22.1 Å². The number of benzene rings is 1. The fourth-order valence-electron chi connectivity index (χ4n) is 2.74. The molecular formula is C24H38N8O3. The summed E-state index contributed by atoms with van der Waals surface area (Å²) in [7, 11) is 1.00. The van der Waals surface area contributed by atoms with Crippen molar-refractivity contribution in [3.63, 3.8) is 0 Å². The van der Waals surface area contributed by atoms with Gasteiger partial charge >= 0.3 is 0 Å². The van der Waals surface area contributed by atoms with E-state index in [-0.39, 0.29) is 17.7 Å². The number of aliphatic hydroxyl groups excluding tert-OH is 1. The van der Waals surface area contributed by atoms with E-state index in [1.807, 2.05) is 34.6 Å². The van der Waals surface area contributed by atoms with E-state index >= 15 is 0 Å². The highest BCUT2D eigenvalue weighted by Crippen LogP contribution is 2.16. The first-order valence-electron chi connectivity index (χ1n) is 11.6. The highest BCUT2D eigenvalue weighted by molar-refractivity contribution is 5.95. The molecular weight excluding hydrogens is 448 g/mol. The Balaban J connectivity index is 0.00000179. The summed E-state index contributed by atoms with van der Waals surface area (Å²) in [4.78, 5) is 39.7.